The molecule has 0 radical (unpaired) electrons. The summed E-state index contributed by atoms with van der Waals surface area (Å²) < 4.78 is 5.24. The molecule has 0 saturated heterocycles. The van der Waals surface area contributed by atoms with Gasteiger partial charge < -0.3 is 9.84 Å². The second-order valence-electron chi connectivity index (χ2n) is 12.3. The van der Waals surface area contributed by atoms with E-state index in [0.29, 0.717) is 12.0 Å². The number of aryl methyl sites for hydroxylation is 4. The maximum atomic E-state index is 11.7. The molecule has 4 aromatic rings. The molecular weight excluding hydrogens is 540 g/mol. The fourth-order valence-electron chi connectivity index (χ4n) is 5.92. The average Bonchev–Trinajstić information content (AvgIpc) is 3.05. The van der Waals surface area contributed by atoms with Crippen molar-refractivity contribution in [2.75, 3.05) is 13.2 Å². The summed E-state index contributed by atoms with van der Waals surface area (Å²) in [4.78, 5) is 11.7. The fourth-order valence-corrected chi connectivity index (χ4v) is 5.92. The first-order chi connectivity index (χ1) is 21.4. The van der Waals surface area contributed by atoms with Crippen LogP contribution in [0.15, 0.2) is 91.0 Å². The first-order valence-electron chi connectivity index (χ1n) is 16.6. The standard InChI is InChI=1S/C41H50O3/c1-5-7-8-13-36-18-14-31(25-35(36)6-2)11-9-10-12-32-17-21-40-27-39(23-22-38(40)26-32)37-19-15-33(16-20-37)24-34(28-42)29-44-41(43)30(3)4/h14-23,25-27,34,42H,3,5-13,24,28-29H2,1-2,4H3. The summed E-state index contributed by atoms with van der Waals surface area (Å²) in [5, 5.41) is 12.3. The fraction of sp³-hybridized carbons (Fsp3) is 0.390. The summed E-state index contributed by atoms with van der Waals surface area (Å²) in [5.74, 6) is -0.554. The summed E-state index contributed by atoms with van der Waals surface area (Å²) in [6.45, 7) is 9.93. The number of esters is 1. The quantitative estimate of drug-likeness (QED) is 0.0756. The van der Waals surface area contributed by atoms with Crippen LogP contribution in [0, 0.1) is 5.92 Å². The Morgan fingerprint density at radius 2 is 1.34 bits per heavy atom. The summed E-state index contributed by atoms with van der Waals surface area (Å²) in [6.07, 6.45) is 11.6. The van der Waals surface area contributed by atoms with Crippen molar-refractivity contribution >= 4 is 16.7 Å². The molecule has 0 heterocycles. The number of rotatable bonds is 17. The molecule has 0 spiro atoms. The lowest BCUT2D eigenvalue weighted by molar-refractivity contribution is -0.140. The van der Waals surface area contributed by atoms with Crippen LogP contribution < -0.4 is 0 Å². The summed E-state index contributed by atoms with van der Waals surface area (Å²) in [7, 11) is 0. The molecule has 4 rings (SSSR count). The Labute approximate surface area is 265 Å². The highest BCUT2D eigenvalue weighted by molar-refractivity contribution is 5.88. The Morgan fingerprint density at radius 3 is 2.02 bits per heavy atom. The SMILES string of the molecule is C=C(C)C(=O)OCC(CO)Cc1ccc(-c2ccc3cc(CCCCc4ccc(CCCCC)c(CC)c4)ccc3c2)cc1. The second kappa shape index (κ2) is 17.0. The molecule has 232 valence electrons. The van der Waals surface area contributed by atoms with Gasteiger partial charge in [0.15, 0.2) is 0 Å². The zero-order valence-corrected chi connectivity index (χ0v) is 27.0. The van der Waals surface area contributed by atoms with E-state index in [1.165, 1.54) is 71.6 Å². The van der Waals surface area contributed by atoms with Crippen LogP contribution in [0.4, 0.5) is 0 Å². The first-order valence-corrected chi connectivity index (χ1v) is 16.6. The summed E-state index contributed by atoms with van der Waals surface area (Å²) >= 11 is 0. The molecule has 0 bridgehead atoms. The van der Waals surface area contributed by atoms with Crippen molar-refractivity contribution in [3.8, 4) is 11.1 Å². The van der Waals surface area contributed by atoms with Gasteiger partial charge in [0.2, 0.25) is 0 Å². The molecule has 0 saturated carbocycles. The van der Waals surface area contributed by atoms with Gasteiger partial charge in [-0.1, -0.05) is 106 Å². The van der Waals surface area contributed by atoms with Gasteiger partial charge >= 0.3 is 5.97 Å². The average molecular weight is 591 g/mol. The highest BCUT2D eigenvalue weighted by atomic mass is 16.5. The molecule has 1 atom stereocenters. The third kappa shape index (κ3) is 9.66. The van der Waals surface area contributed by atoms with E-state index in [1.807, 2.05) is 0 Å². The maximum Gasteiger partial charge on any atom is 0.333 e. The van der Waals surface area contributed by atoms with Crippen molar-refractivity contribution in [1.29, 1.82) is 0 Å². The van der Waals surface area contributed by atoms with Crippen molar-refractivity contribution in [1.82, 2.24) is 0 Å². The lowest BCUT2D eigenvalue weighted by atomic mass is 9.94. The minimum Gasteiger partial charge on any atom is -0.462 e. The van der Waals surface area contributed by atoms with Crippen molar-refractivity contribution < 1.29 is 14.6 Å². The number of hydrogen-bond acceptors (Lipinski definition) is 3. The molecule has 1 N–H and O–H groups in total. The number of carbonyl (C=O) groups is 1. The first kappa shape index (κ1) is 33.2. The third-order valence-electron chi connectivity index (χ3n) is 8.66. The third-order valence-corrected chi connectivity index (χ3v) is 8.66. The predicted molar refractivity (Wildman–Crippen MR) is 185 cm³/mol. The van der Waals surface area contributed by atoms with E-state index < -0.39 is 5.97 Å². The van der Waals surface area contributed by atoms with Crippen molar-refractivity contribution in [2.45, 2.75) is 85.0 Å². The number of ether oxygens (including phenoxy) is 1. The Hall–Kier alpha value is -3.69. The van der Waals surface area contributed by atoms with Crippen LogP contribution in [-0.4, -0.2) is 24.3 Å². The smallest absolute Gasteiger partial charge is 0.333 e. The van der Waals surface area contributed by atoms with Crippen LogP contribution in [0.3, 0.4) is 0 Å². The van der Waals surface area contributed by atoms with Gasteiger partial charge in [0.1, 0.15) is 0 Å². The molecule has 3 nitrogen and oxygen atoms in total. The molecule has 0 fully saturated rings. The normalized spacial score (nSPS) is 11.9. The van der Waals surface area contributed by atoms with E-state index in [-0.39, 0.29) is 19.1 Å². The van der Waals surface area contributed by atoms with E-state index in [4.69, 9.17) is 4.74 Å². The van der Waals surface area contributed by atoms with Crippen LogP contribution >= 0.6 is 0 Å². The number of carbonyl (C=O) groups excluding carboxylic acids is 1. The van der Waals surface area contributed by atoms with Gasteiger partial charge in [-0.25, -0.2) is 4.79 Å². The molecule has 0 aromatic heterocycles. The largest absolute Gasteiger partial charge is 0.462 e. The summed E-state index contributed by atoms with van der Waals surface area (Å²) in [5.41, 5.74) is 9.80. The zero-order chi connectivity index (χ0) is 31.3. The van der Waals surface area contributed by atoms with Crippen molar-refractivity contribution in [2.24, 2.45) is 5.92 Å². The van der Waals surface area contributed by atoms with E-state index in [0.717, 1.165) is 30.4 Å². The minimum atomic E-state index is -0.415. The molecule has 0 aliphatic carbocycles. The van der Waals surface area contributed by atoms with Gasteiger partial charge in [-0.3, -0.25) is 0 Å². The molecule has 4 aromatic carbocycles. The summed E-state index contributed by atoms with van der Waals surface area (Å²) in [6, 6.07) is 29.2. The number of benzene rings is 4. The Kier molecular flexibility index (Phi) is 12.8. The van der Waals surface area contributed by atoms with Crippen LogP contribution in [0.2, 0.25) is 0 Å². The molecular formula is C41H50O3. The highest BCUT2D eigenvalue weighted by Crippen LogP contribution is 2.27. The molecule has 3 heteroatoms. The zero-order valence-electron chi connectivity index (χ0n) is 27.0. The highest BCUT2D eigenvalue weighted by Gasteiger charge is 2.13. The minimum absolute atomic E-state index is 0.0370. The Balaban J connectivity index is 1.29. The maximum absolute atomic E-state index is 11.7. The van der Waals surface area contributed by atoms with E-state index in [2.05, 4.69) is 99.3 Å². The van der Waals surface area contributed by atoms with Gasteiger partial charge in [0.05, 0.1) is 6.61 Å². The number of aliphatic hydroxyl groups is 1. The molecule has 0 aliphatic heterocycles. The topological polar surface area (TPSA) is 46.5 Å². The number of fused-ring (bicyclic) bond motifs is 1. The molecule has 1 unspecified atom stereocenters. The van der Waals surface area contributed by atoms with Gasteiger partial charge in [-0.05, 0) is 114 Å². The van der Waals surface area contributed by atoms with Crippen LogP contribution in [0.25, 0.3) is 21.9 Å². The van der Waals surface area contributed by atoms with Gasteiger partial charge in [-0.15, -0.1) is 0 Å². The molecule has 0 amide bonds. The monoisotopic (exact) mass is 590 g/mol. The second-order valence-corrected chi connectivity index (χ2v) is 12.3. The van der Waals surface area contributed by atoms with E-state index in [1.54, 1.807) is 12.5 Å². The lowest BCUT2D eigenvalue weighted by Crippen LogP contribution is -2.19. The van der Waals surface area contributed by atoms with Gasteiger partial charge in [-0.2, -0.15) is 0 Å². The Morgan fingerprint density at radius 1 is 0.727 bits per heavy atom. The molecule has 44 heavy (non-hydrogen) atoms. The van der Waals surface area contributed by atoms with Crippen molar-refractivity contribution in [3.05, 3.63) is 119 Å². The van der Waals surface area contributed by atoms with E-state index in [9.17, 15) is 9.90 Å². The van der Waals surface area contributed by atoms with Gasteiger partial charge in [0, 0.05) is 18.1 Å². The number of aliphatic hydroxyl groups excluding tert-OH is 1. The number of hydrogen-bond donors (Lipinski definition) is 1. The van der Waals surface area contributed by atoms with Crippen LogP contribution in [0.5, 0.6) is 0 Å². The van der Waals surface area contributed by atoms with Crippen molar-refractivity contribution in [3.63, 3.8) is 0 Å². The lowest BCUT2D eigenvalue weighted by Gasteiger charge is -2.15. The molecule has 0 aliphatic rings. The van der Waals surface area contributed by atoms with Gasteiger partial charge in [0.25, 0.3) is 0 Å². The Bertz CT molecular complexity index is 1520. The number of unbranched alkanes of at least 4 members (excludes halogenated alkanes) is 3. The van der Waals surface area contributed by atoms with Crippen LogP contribution in [-0.2, 0) is 41.6 Å². The van der Waals surface area contributed by atoms with E-state index >= 15 is 0 Å². The predicted octanol–water partition coefficient (Wildman–Crippen LogP) is 9.64. The van der Waals surface area contributed by atoms with Crippen LogP contribution in [0.1, 0.15) is 80.7 Å².